The molecule has 2 unspecified atom stereocenters. The monoisotopic (exact) mass is 207 g/mol. The first-order valence-corrected chi connectivity index (χ1v) is 5.84. The topological polar surface area (TPSA) is 60.2 Å². The maximum absolute atomic E-state index is 11.6. The van der Waals surface area contributed by atoms with Gasteiger partial charge in [0.05, 0.1) is 5.41 Å². The van der Waals surface area contributed by atoms with Gasteiger partial charge in [0.1, 0.15) is 6.29 Å². The number of hydrogen-bond donors (Lipinski definition) is 1. The number of amides is 1. The van der Waals surface area contributed by atoms with Crippen LogP contribution in [0.4, 0.5) is 0 Å². The summed E-state index contributed by atoms with van der Waals surface area (Å²) in [5, 5.41) is 0. The van der Waals surface area contributed by atoms with Crippen molar-refractivity contribution in [1.82, 2.24) is 0 Å². The number of rotatable bonds is 2. The average Bonchev–Trinajstić information content (AvgIpc) is 2.15. The molecule has 0 saturated heterocycles. The second-order valence-corrected chi connectivity index (χ2v) is 6.09. The van der Waals surface area contributed by atoms with E-state index >= 15 is 0 Å². The van der Waals surface area contributed by atoms with Gasteiger partial charge in [-0.25, -0.2) is 0 Å². The first-order chi connectivity index (χ1) is 7.07. The van der Waals surface area contributed by atoms with Crippen LogP contribution in [0.15, 0.2) is 0 Å². The summed E-state index contributed by atoms with van der Waals surface area (Å²) in [4.78, 5) is 22.9. The molecular formula is C12H17NO2. The molecule has 4 fully saturated rings. The zero-order valence-corrected chi connectivity index (χ0v) is 8.87. The van der Waals surface area contributed by atoms with Gasteiger partial charge in [0.15, 0.2) is 0 Å². The Morgan fingerprint density at radius 2 is 1.80 bits per heavy atom. The maximum atomic E-state index is 11.6. The molecule has 1 amide bonds. The fraction of sp³-hybridized carbons (Fsp3) is 0.833. The van der Waals surface area contributed by atoms with Crippen molar-refractivity contribution in [2.75, 3.05) is 0 Å². The van der Waals surface area contributed by atoms with E-state index in [4.69, 9.17) is 5.73 Å². The smallest absolute Gasteiger partial charge is 0.223 e. The number of nitrogens with two attached hydrogens (primary N) is 1. The minimum Gasteiger partial charge on any atom is -0.369 e. The molecular weight excluding hydrogens is 190 g/mol. The van der Waals surface area contributed by atoms with Crippen LogP contribution in [0.2, 0.25) is 0 Å². The molecule has 4 rings (SSSR count). The minimum absolute atomic E-state index is 0.164. The van der Waals surface area contributed by atoms with Crippen LogP contribution in [0.1, 0.15) is 38.5 Å². The lowest BCUT2D eigenvalue weighted by atomic mass is 9.44. The summed E-state index contributed by atoms with van der Waals surface area (Å²) < 4.78 is 0. The highest BCUT2D eigenvalue weighted by Crippen LogP contribution is 2.64. The molecule has 0 aromatic carbocycles. The van der Waals surface area contributed by atoms with Gasteiger partial charge < -0.3 is 10.5 Å². The lowest BCUT2D eigenvalue weighted by Gasteiger charge is -2.59. The van der Waals surface area contributed by atoms with E-state index in [0.29, 0.717) is 11.8 Å². The van der Waals surface area contributed by atoms with Gasteiger partial charge in [-0.15, -0.1) is 0 Å². The quantitative estimate of drug-likeness (QED) is 0.693. The van der Waals surface area contributed by atoms with Gasteiger partial charge in [-0.3, -0.25) is 4.79 Å². The zero-order chi connectivity index (χ0) is 10.7. The molecule has 0 aliphatic heterocycles. The van der Waals surface area contributed by atoms with Crippen molar-refractivity contribution in [3.05, 3.63) is 0 Å². The summed E-state index contributed by atoms with van der Waals surface area (Å²) in [6, 6.07) is 0. The van der Waals surface area contributed by atoms with Crippen molar-refractivity contribution in [2.24, 2.45) is 28.4 Å². The number of carbonyl (C=O) groups is 2. The Morgan fingerprint density at radius 3 is 2.27 bits per heavy atom. The Kier molecular flexibility index (Phi) is 1.64. The molecule has 2 atom stereocenters. The molecule has 4 saturated carbocycles. The van der Waals surface area contributed by atoms with Gasteiger partial charge in [0.25, 0.3) is 0 Å². The van der Waals surface area contributed by atoms with E-state index in [1.54, 1.807) is 0 Å². The largest absolute Gasteiger partial charge is 0.369 e. The van der Waals surface area contributed by atoms with Crippen molar-refractivity contribution in [3.63, 3.8) is 0 Å². The van der Waals surface area contributed by atoms with Crippen LogP contribution in [0.5, 0.6) is 0 Å². The van der Waals surface area contributed by atoms with Crippen molar-refractivity contribution >= 4 is 12.2 Å². The molecule has 4 aliphatic carbocycles. The molecule has 3 heteroatoms. The van der Waals surface area contributed by atoms with E-state index in [1.165, 1.54) is 6.42 Å². The van der Waals surface area contributed by atoms with Gasteiger partial charge in [-0.2, -0.15) is 0 Å². The number of primary amides is 1. The lowest BCUT2D eigenvalue weighted by Crippen LogP contribution is -2.57. The van der Waals surface area contributed by atoms with Crippen LogP contribution in [-0.4, -0.2) is 12.2 Å². The summed E-state index contributed by atoms with van der Waals surface area (Å²) in [5.74, 6) is 0.982. The first kappa shape index (κ1) is 9.37. The van der Waals surface area contributed by atoms with Crippen LogP contribution in [-0.2, 0) is 9.59 Å². The van der Waals surface area contributed by atoms with E-state index in [2.05, 4.69) is 0 Å². The zero-order valence-electron chi connectivity index (χ0n) is 8.87. The van der Waals surface area contributed by atoms with E-state index in [-0.39, 0.29) is 16.7 Å². The summed E-state index contributed by atoms with van der Waals surface area (Å²) in [7, 11) is 0. The van der Waals surface area contributed by atoms with Crippen LogP contribution in [0.3, 0.4) is 0 Å². The molecule has 3 nitrogen and oxygen atoms in total. The number of carbonyl (C=O) groups excluding carboxylic acids is 2. The fourth-order valence-electron chi connectivity index (χ4n) is 4.76. The molecule has 2 N–H and O–H groups in total. The van der Waals surface area contributed by atoms with E-state index in [1.807, 2.05) is 0 Å². The van der Waals surface area contributed by atoms with Gasteiger partial charge >= 0.3 is 0 Å². The van der Waals surface area contributed by atoms with E-state index in [9.17, 15) is 9.59 Å². The molecule has 4 aliphatic rings. The van der Waals surface area contributed by atoms with E-state index in [0.717, 1.165) is 38.4 Å². The van der Waals surface area contributed by atoms with Crippen molar-refractivity contribution in [1.29, 1.82) is 0 Å². The van der Waals surface area contributed by atoms with Crippen LogP contribution >= 0.6 is 0 Å². The predicted octanol–water partition coefficient (Wildman–Crippen LogP) is 1.26. The summed E-state index contributed by atoms with van der Waals surface area (Å²) >= 11 is 0. The Balaban J connectivity index is 2.02. The maximum Gasteiger partial charge on any atom is 0.223 e. The van der Waals surface area contributed by atoms with Crippen LogP contribution in [0.25, 0.3) is 0 Å². The average molecular weight is 207 g/mol. The Labute approximate surface area is 89.4 Å². The SMILES string of the molecule is NC(=O)C12CC3CC(CC(C=O)(C3)C1)C2. The van der Waals surface area contributed by atoms with Gasteiger partial charge in [-0.1, -0.05) is 0 Å². The molecule has 82 valence electrons. The molecule has 0 radical (unpaired) electrons. The third-order valence-electron chi connectivity index (χ3n) is 4.88. The molecule has 0 spiro atoms. The fourth-order valence-corrected chi connectivity index (χ4v) is 4.76. The Hall–Kier alpha value is -0.860. The summed E-state index contributed by atoms with van der Waals surface area (Å²) in [5.41, 5.74) is 5.03. The summed E-state index contributed by atoms with van der Waals surface area (Å²) in [6.07, 6.45) is 6.94. The molecule has 0 aromatic rings. The number of hydrogen-bond acceptors (Lipinski definition) is 2. The van der Waals surface area contributed by atoms with Gasteiger partial charge in [0.2, 0.25) is 5.91 Å². The second kappa shape index (κ2) is 2.63. The number of aldehydes is 1. The second-order valence-electron chi connectivity index (χ2n) is 6.09. The van der Waals surface area contributed by atoms with E-state index < -0.39 is 0 Å². The Morgan fingerprint density at radius 1 is 1.20 bits per heavy atom. The molecule has 0 heterocycles. The highest BCUT2D eigenvalue weighted by Gasteiger charge is 2.59. The molecule has 4 bridgehead atoms. The van der Waals surface area contributed by atoms with Gasteiger partial charge in [0, 0.05) is 5.41 Å². The van der Waals surface area contributed by atoms with Crippen LogP contribution in [0, 0.1) is 22.7 Å². The standard InChI is InChI=1S/C12H17NO2/c13-10(15)12-4-8-1-9(5-12)3-11(2-8,6-12)7-14/h7-9H,1-6H2,(H2,13,15). The first-order valence-electron chi connectivity index (χ1n) is 5.84. The molecule has 15 heavy (non-hydrogen) atoms. The van der Waals surface area contributed by atoms with Crippen LogP contribution < -0.4 is 5.73 Å². The third-order valence-corrected chi connectivity index (χ3v) is 4.88. The van der Waals surface area contributed by atoms with Crippen molar-refractivity contribution in [3.8, 4) is 0 Å². The highest BCUT2D eigenvalue weighted by atomic mass is 16.1. The molecule has 0 aromatic heterocycles. The summed E-state index contributed by atoms with van der Waals surface area (Å²) in [6.45, 7) is 0. The third kappa shape index (κ3) is 1.12. The van der Waals surface area contributed by atoms with Crippen molar-refractivity contribution < 1.29 is 9.59 Å². The Bertz CT molecular complexity index is 323. The van der Waals surface area contributed by atoms with Gasteiger partial charge in [-0.05, 0) is 50.4 Å². The van der Waals surface area contributed by atoms with Crippen molar-refractivity contribution in [2.45, 2.75) is 38.5 Å². The normalized spacial score (nSPS) is 51.7. The minimum atomic E-state index is -0.328. The highest BCUT2D eigenvalue weighted by molar-refractivity contribution is 5.82. The predicted molar refractivity (Wildman–Crippen MR) is 54.8 cm³/mol. The lowest BCUT2D eigenvalue weighted by molar-refractivity contribution is -0.157.